The minimum absolute atomic E-state index is 0.262. The quantitative estimate of drug-likeness (QED) is 0.831. The standard InChI is InChI=1S/C13H25N3/c1-6-8-16-9-7-15-12(16)10-11(14-5)13(2,3)4/h7,9,11,14H,6,8,10H2,1-5H3. The van der Waals surface area contributed by atoms with Gasteiger partial charge in [-0.3, -0.25) is 0 Å². The number of imidazole rings is 1. The van der Waals surface area contributed by atoms with Crippen LogP contribution in [0.4, 0.5) is 0 Å². The van der Waals surface area contributed by atoms with E-state index in [2.05, 4.69) is 48.8 Å². The van der Waals surface area contributed by atoms with Crippen LogP contribution in [0.2, 0.25) is 0 Å². The Morgan fingerprint density at radius 3 is 2.62 bits per heavy atom. The normalized spacial score (nSPS) is 14.1. The maximum Gasteiger partial charge on any atom is 0.110 e. The summed E-state index contributed by atoms with van der Waals surface area (Å²) in [5, 5.41) is 3.40. The van der Waals surface area contributed by atoms with Crippen LogP contribution in [0.15, 0.2) is 12.4 Å². The molecular weight excluding hydrogens is 198 g/mol. The molecule has 3 nitrogen and oxygen atoms in total. The van der Waals surface area contributed by atoms with E-state index in [1.54, 1.807) is 0 Å². The Morgan fingerprint density at radius 1 is 1.44 bits per heavy atom. The lowest BCUT2D eigenvalue weighted by atomic mass is 9.84. The molecule has 0 spiro atoms. The van der Waals surface area contributed by atoms with Crippen molar-refractivity contribution >= 4 is 0 Å². The molecule has 1 unspecified atom stereocenters. The smallest absolute Gasteiger partial charge is 0.110 e. The molecule has 0 aliphatic rings. The van der Waals surface area contributed by atoms with E-state index in [9.17, 15) is 0 Å². The molecule has 1 heterocycles. The van der Waals surface area contributed by atoms with Crippen molar-refractivity contribution in [1.82, 2.24) is 14.9 Å². The molecule has 3 heteroatoms. The van der Waals surface area contributed by atoms with Gasteiger partial charge in [-0.05, 0) is 18.9 Å². The van der Waals surface area contributed by atoms with E-state index < -0.39 is 0 Å². The van der Waals surface area contributed by atoms with Gasteiger partial charge in [0.25, 0.3) is 0 Å². The Hall–Kier alpha value is -0.830. The topological polar surface area (TPSA) is 29.9 Å². The summed E-state index contributed by atoms with van der Waals surface area (Å²) in [6, 6.07) is 0.463. The van der Waals surface area contributed by atoms with Gasteiger partial charge in [-0.25, -0.2) is 4.98 Å². The first kappa shape index (κ1) is 13.2. The Labute approximate surface area is 99.3 Å². The minimum atomic E-state index is 0.262. The summed E-state index contributed by atoms with van der Waals surface area (Å²) in [4.78, 5) is 4.46. The summed E-state index contributed by atoms with van der Waals surface area (Å²) >= 11 is 0. The average Bonchev–Trinajstić information content (AvgIpc) is 2.60. The van der Waals surface area contributed by atoms with Gasteiger partial charge < -0.3 is 9.88 Å². The fourth-order valence-electron chi connectivity index (χ4n) is 2.00. The van der Waals surface area contributed by atoms with Gasteiger partial charge in [-0.1, -0.05) is 27.7 Å². The molecule has 1 aromatic heterocycles. The fourth-order valence-corrected chi connectivity index (χ4v) is 2.00. The highest BCUT2D eigenvalue weighted by molar-refractivity contribution is 4.98. The zero-order chi connectivity index (χ0) is 12.2. The van der Waals surface area contributed by atoms with Crippen LogP contribution in [0.5, 0.6) is 0 Å². The molecule has 1 atom stereocenters. The van der Waals surface area contributed by atoms with Crippen LogP contribution in [0, 0.1) is 5.41 Å². The van der Waals surface area contributed by atoms with Gasteiger partial charge in [0, 0.05) is 31.4 Å². The maximum absolute atomic E-state index is 4.46. The summed E-state index contributed by atoms with van der Waals surface area (Å²) in [5.74, 6) is 1.19. The van der Waals surface area contributed by atoms with E-state index in [-0.39, 0.29) is 5.41 Å². The predicted octanol–water partition coefficient (Wildman–Crippen LogP) is 2.47. The van der Waals surface area contributed by atoms with Gasteiger partial charge in [0.05, 0.1) is 0 Å². The molecule has 1 aromatic rings. The Morgan fingerprint density at radius 2 is 2.12 bits per heavy atom. The highest BCUT2D eigenvalue weighted by Crippen LogP contribution is 2.21. The largest absolute Gasteiger partial charge is 0.335 e. The van der Waals surface area contributed by atoms with Gasteiger partial charge in [0.15, 0.2) is 0 Å². The van der Waals surface area contributed by atoms with Crippen LogP contribution < -0.4 is 5.32 Å². The average molecular weight is 223 g/mol. The van der Waals surface area contributed by atoms with Crippen molar-refractivity contribution in [2.45, 2.75) is 53.1 Å². The van der Waals surface area contributed by atoms with E-state index >= 15 is 0 Å². The zero-order valence-corrected chi connectivity index (χ0v) is 11.2. The van der Waals surface area contributed by atoms with E-state index in [0.29, 0.717) is 6.04 Å². The second-order valence-corrected chi connectivity index (χ2v) is 5.45. The number of likely N-dealkylation sites (N-methyl/N-ethyl adjacent to an activating group) is 1. The summed E-state index contributed by atoms with van der Waals surface area (Å²) < 4.78 is 2.26. The predicted molar refractivity (Wildman–Crippen MR) is 68.5 cm³/mol. The van der Waals surface area contributed by atoms with Gasteiger partial charge in [-0.2, -0.15) is 0 Å². The number of aryl methyl sites for hydroxylation is 1. The maximum atomic E-state index is 4.46. The molecule has 0 aromatic carbocycles. The Kier molecular flexibility index (Phi) is 4.54. The van der Waals surface area contributed by atoms with E-state index in [0.717, 1.165) is 19.4 Å². The molecule has 0 fully saturated rings. The van der Waals surface area contributed by atoms with Crippen LogP contribution in [0.25, 0.3) is 0 Å². The van der Waals surface area contributed by atoms with Crippen LogP contribution in [0.3, 0.4) is 0 Å². The lowest BCUT2D eigenvalue weighted by Crippen LogP contribution is -2.40. The van der Waals surface area contributed by atoms with Crippen LogP contribution >= 0.6 is 0 Å². The minimum Gasteiger partial charge on any atom is -0.335 e. The van der Waals surface area contributed by atoms with Crippen molar-refractivity contribution in [2.24, 2.45) is 5.41 Å². The van der Waals surface area contributed by atoms with Crippen molar-refractivity contribution in [3.8, 4) is 0 Å². The molecule has 1 N–H and O–H groups in total. The van der Waals surface area contributed by atoms with Crippen LogP contribution in [-0.4, -0.2) is 22.6 Å². The summed E-state index contributed by atoms with van der Waals surface area (Å²) in [5.41, 5.74) is 0.262. The Bertz CT molecular complexity index is 309. The molecule has 0 saturated carbocycles. The van der Waals surface area contributed by atoms with Crippen molar-refractivity contribution in [3.05, 3.63) is 18.2 Å². The molecule has 0 bridgehead atoms. The third kappa shape index (κ3) is 3.34. The lowest BCUT2D eigenvalue weighted by molar-refractivity contribution is 0.274. The Balaban J connectivity index is 2.74. The summed E-state index contributed by atoms with van der Waals surface area (Å²) in [6.07, 6.45) is 6.13. The van der Waals surface area contributed by atoms with E-state index in [1.807, 2.05) is 13.2 Å². The fraction of sp³-hybridized carbons (Fsp3) is 0.769. The molecule has 0 amide bonds. The van der Waals surface area contributed by atoms with Crippen molar-refractivity contribution in [3.63, 3.8) is 0 Å². The van der Waals surface area contributed by atoms with Crippen molar-refractivity contribution in [2.75, 3.05) is 7.05 Å². The number of hydrogen-bond donors (Lipinski definition) is 1. The molecular formula is C13H25N3. The first-order valence-corrected chi connectivity index (χ1v) is 6.16. The first-order chi connectivity index (χ1) is 7.49. The molecule has 0 radical (unpaired) electrons. The third-order valence-electron chi connectivity index (χ3n) is 3.05. The van der Waals surface area contributed by atoms with Gasteiger partial charge in [0.1, 0.15) is 5.82 Å². The second kappa shape index (κ2) is 5.48. The summed E-state index contributed by atoms with van der Waals surface area (Å²) in [7, 11) is 2.03. The van der Waals surface area contributed by atoms with E-state index in [1.165, 1.54) is 5.82 Å². The number of aromatic nitrogens is 2. The second-order valence-electron chi connectivity index (χ2n) is 5.45. The molecule has 0 aliphatic heterocycles. The number of nitrogens with zero attached hydrogens (tertiary/aromatic N) is 2. The summed E-state index contributed by atoms with van der Waals surface area (Å²) in [6.45, 7) is 10.1. The van der Waals surface area contributed by atoms with Gasteiger partial charge >= 0.3 is 0 Å². The van der Waals surface area contributed by atoms with Gasteiger partial charge in [0.2, 0.25) is 0 Å². The number of hydrogen-bond acceptors (Lipinski definition) is 2. The number of rotatable bonds is 5. The third-order valence-corrected chi connectivity index (χ3v) is 3.05. The number of nitrogens with one attached hydrogen (secondary N) is 1. The van der Waals surface area contributed by atoms with Crippen molar-refractivity contribution < 1.29 is 0 Å². The lowest BCUT2D eigenvalue weighted by Gasteiger charge is -2.30. The first-order valence-electron chi connectivity index (χ1n) is 6.16. The van der Waals surface area contributed by atoms with E-state index in [4.69, 9.17) is 0 Å². The van der Waals surface area contributed by atoms with Crippen LogP contribution in [0.1, 0.15) is 39.9 Å². The molecule has 0 saturated heterocycles. The van der Waals surface area contributed by atoms with Crippen molar-refractivity contribution in [1.29, 1.82) is 0 Å². The molecule has 1 rings (SSSR count). The highest BCUT2D eigenvalue weighted by Gasteiger charge is 2.24. The zero-order valence-electron chi connectivity index (χ0n) is 11.2. The monoisotopic (exact) mass is 223 g/mol. The SMILES string of the molecule is CCCn1ccnc1CC(NC)C(C)(C)C. The molecule has 92 valence electrons. The molecule has 0 aliphatic carbocycles. The molecule has 16 heavy (non-hydrogen) atoms. The highest BCUT2D eigenvalue weighted by atomic mass is 15.1. The van der Waals surface area contributed by atoms with Gasteiger partial charge in [-0.15, -0.1) is 0 Å². The van der Waals surface area contributed by atoms with Crippen LogP contribution in [-0.2, 0) is 13.0 Å².